The molecule has 1 aromatic rings. The number of hydrogen-bond acceptors (Lipinski definition) is 2. The second kappa shape index (κ2) is 4.17. The number of carbonyl (C=O) groups is 1. The van der Waals surface area contributed by atoms with Crippen LogP contribution in [-0.2, 0) is 4.79 Å². The van der Waals surface area contributed by atoms with E-state index in [1.807, 2.05) is 19.2 Å². The van der Waals surface area contributed by atoms with E-state index < -0.39 is 0 Å². The number of carbonyl (C=O) groups excluding carboxylic acids is 1. The number of nitrogens with zero attached hydrogens (tertiary/aromatic N) is 2. The van der Waals surface area contributed by atoms with Crippen molar-refractivity contribution in [2.75, 3.05) is 0 Å². The molecule has 0 spiro atoms. The number of Topliss-reactive ketones (excluding diaryl/α,β-unsaturated/α-hetero) is 1. The first-order chi connectivity index (χ1) is 7.16. The lowest BCUT2D eigenvalue weighted by Crippen LogP contribution is -2.22. The predicted molar refractivity (Wildman–Crippen MR) is 58.6 cm³/mol. The largest absolute Gasteiger partial charge is 0.300 e. The van der Waals surface area contributed by atoms with Crippen LogP contribution in [-0.4, -0.2) is 15.6 Å². The van der Waals surface area contributed by atoms with Crippen LogP contribution in [0.2, 0.25) is 0 Å². The smallest absolute Gasteiger partial charge is 0.132 e. The molecule has 1 heterocycles. The van der Waals surface area contributed by atoms with E-state index in [-0.39, 0.29) is 0 Å². The molecule has 1 saturated carbocycles. The van der Waals surface area contributed by atoms with Crippen molar-refractivity contribution in [3.63, 3.8) is 0 Å². The fraction of sp³-hybridized carbons (Fsp3) is 0.667. The van der Waals surface area contributed by atoms with Gasteiger partial charge in [0.05, 0.1) is 11.7 Å². The molecule has 0 aromatic carbocycles. The van der Waals surface area contributed by atoms with Crippen LogP contribution in [0, 0.1) is 12.8 Å². The number of hydrogen-bond donors (Lipinski definition) is 0. The Morgan fingerprint density at radius 2 is 2.07 bits per heavy atom. The predicted octanol–water partition coefficient (Wildman–Crippen LogP) is 2.51. The summed E-state index contributed by atoms with van der Waals surface area (Å²) in [6.07, 6.45) is 6.28. The van der Waals surface area contributed by atoms with Crippen molar-refractivity contribution in [3.05, 3.63) is 18.0 Å². The Hall–Kier alpha value is -1.12. The molecule has 0 radical (unpaired) electrons. The minimum Gasteiger partial charge on any atom is -0.300 e. The van der Waals surface area contributed by atoms with Crippen LogP contribution < -0.4 is 0 Å². The third kappa shape index (κ3) is 2.28. The summed E-state index contributed by atoms with van der Waals surface area (Å²) < 4.78 is 2.06. The summed E-state index contributed by atoms with van der Waals surface area (Å²) in [6, 6.07) is 2.55. The van der Waals surface area contributed by atoms with Crippen molar-refractivity contribution in [1.29, 1.82) is 0 Å². The van der Waals surface area contributed by atoms with Gasteiger partial charge in [0.1, 0.15) is 5.78 Å². The van der Waals surface area contributed by atoms with Crippen LogP contribution in [0.5, 0.6) is 0 Å². The lowest BCUT2D eigenvalue weighted by molar-refractivity contribution is -0.121. The molecule has 3 heteroatoms. The van der Waals surface area contributed by atoms with Crippen LogP contribution >= 0.6 is 0 Å². The summed E-state index contributed by atoms with van der Waals surface area (Å²) in [5.41, 5.74) is 1.07. The van der Waals surface area contributed by atoms with Gasteiger partial charge in [-0.15, -0.1) is 0 Å². The highest BCUT2D eigenvalue weighted by Crippen LogP contribution is 2.32. The van der Waals surface area contributed by atoms with Gasteiger partial charge >= 0.3 is 0 Å². The molecule has 1 aliphatic carbocycles. The second-order valence-corrected chi connectivity index (χ2v) is 4.55. The second-order valence-electron chi connectivity index (χ2n) is 4.55. The van der Waals surface area contributed by atoms with Gasteiger partial charge < -0.3 is 0 Å². The quantitative estimate of drug-likeness (QED) is 0.745. The van der Waals surface area contributed by atoms with Crippen molar-refractivity contribution >= 4 is 5.78 Å². The van der Waals surface area contributed by atoms with E-state index in [2.05, 4.69) is 9.78 Å². The molecule has 2 rings (SSSR count). The zero-order valence-electron chi connectivity index (χ0n) is 9.44. The molecule has 1 aliphatic rings. The van der Waals surface area contributed by atoms with E-state index in [1.165, 1.54) is 0 Å². The topological polar surface area (TPSA) is 34.9 Å². The molecule has 15 heavy (non-hydrogen) atoms. The Kier molecular flexibility index (Phi) is 2.89. The van der Waals surface area contributed by atoms with Gasteiger partial charge in [-0.2, -0.15) is 5.10 Å². The minimum absolute atomic E-state index is 0.304. The maximum atomic E-state index is 11.2. The van der Waals surface area contributed by atoms with E-state index in [0.29, 0.717) is 17.7 Å². The van der Waals surface area contributed by atoms with Crippen molar-refractivity contribution < 1.29 is 4.79 Å². The maximum Gasteiger partial charge on any atom is 0.132 e. The van der Waals surface area contributed by atoms with Gasteiger partial charge in [-0.25, -0.2) is 0 Å². The molecule has 3 nitrogen and oxygen atoms in total. The Labute approximate surface area is 90.5 Å². The standard InChI is InChI=1S/C12H18N2O/c1-9-7-8-14(13-9)12-5-3-11(4-6-12)10(2)15/h7-8,11-12H,3-6H2,1-2H3. The van der Waals surface area contributed by atoms with E-state index >= 15 is 0 Å². The lowest BCUT2D eigenvalue weighted by atomic mass is 9.84. The van der Waals surface area contributed by atoms with E-state index in [4.69, 9.17) is 0 Å². The minimum atomic E-state index is 0.304. The molecule has 0 N–H and O–H groups in total. The van der Waals surface area contributed by atoms with Crippen LogP contribution in [0.15, 0.2) is 12.3 Å². The third-order valence-electron chi connectivity index (χ3n) is 3.39. The molecule has 0 bridgehead atoms. The summed E-state index contributed by atoms with van der Waals surface area (Å²) in [4.78, 5) is 11.2. The van der Waals surface area contributed by atoms with Crippen LogP contribution in [0.4, 0.5) is 0 Å². The maximum absolute atomic E-state index is 11.2. The summed E-state index contributed by atoms with van der Waals surface area (Å²) in [5, 5.41) is 4.44. The van der Waals surface area contributed by atoms with Gasteiger partial charge in [0.15, 0.2) is 0 Å². The zero-order chi connectivity index (χ0) is 10.8. The van der Waals surface area contributed by atoms with Crippen LogP contribution in [0.25, 0.3) is 0 Å². The highest BCUT2D eigenvalue weighted by atomic mass is 16.1. The van der Waals surface area contributed by atoms with Crippen molar-refractivity contribution in [2.45, 2.75) is 45.6 Å². The van der Waals surface area contributed by atoms with E-state index in [1.54, 1.807) is 6.92 Å². The van der Waals surface area contributed by atoms with Gasteiger partial charge in [-0.3, -0.25) is 9.48 Å². The molecule has 0 saturated heterocycles. The Morgan fingerprint density at radius 3 is 2.53 bits per heavy atom. The Morgan fingerprint density at radius 1 is 1.40 bits per heavy atom. The summed E-state index contributed by atoms with van der Waals surface area (Å²) >= 11 is 0. The number of ketones is 1. The lowest BCUT2D eigenvalue weighted by Gasteiger charge is -2.27. The van der Waals surface area contributed by atoms with Gasteiger partial charge in [0, 0.05) is 12.1 Å². The van der Waals surface area contributed by atoms with Gasteiger partial charge in [-0.05, 0) is 45.6 Å². The van der Waals surface area contributed by atoms with Crippen LogP contribution in [0.1, 0.15) is 44.3 Å². The first kappa shape index (κ1) is 10.4. The third-order valence-corrected chi connectivity index (χ3v) is 3.39. The van der Waals surface area contributed by atoms with Gasteiger partial charge in [-0.1, -0.05) is 0 Å². The van der Waals surface area contributed by atoms with Gasteiger partial charge in [0.25, 0.3) is 0 Å². The molecule has 0 aliphatic heterocycles. The average Bonchev–Trinajstić information content (AvgIpc) is 2.65. The molecule has 0 amide bonds. The fourth-order valence-electron chi connectivity index (χ4n) is 2.38. The molecule has 82 valence electrons. The summed E-state index contributed by atoms with van der Waals surface area (Å²) in [7, 11) is 0. The Bertz CT molecular complexity index is 348. The summed E-state index contributed by atoms with van der Waals surface area (Å²) in [5.74, 6) is 0.656. The van der Waals surface area contributed by atoms with Crippen molar-refractivity contribution in [2.24, 2.45) is 5.92 Å². The molecule has 1 fully saturated rings. The molecule has 0 atom stereocenters. The van der Waals surface area contributed by atoms with Crippen molar-refractivity contribution in [3.8, 4) is 0 Å². The normalized spacial score (nSPS) is 26.5. The molecular formula is C12H18N2O. The number of rotatable bonds is 2. The highest BCUT2D eigenvalue weighted by molar-refractivity contribution is 5.78. The molecule has 0 unspecified atom stereocenters. The van der Waals surface area contributed by atoms with E-state index in [9.17, 15) is 4.79 Å². The highest BCUT2D eigenvalue weighted by Gasteiger charge is 2.24. The van der Waals surface area contributed by atoms with E-state index in [0.717, 1.165) is 31.4 Å². The van der Waals surface area contributed by atoms with Crippen LogP contribution in [0.3, 0.4) is 0 Å². The summed E-state index contributed by atoms with van der Waals surface area (Å²) in [6.45, 7) is 3.72. The number of aryl methyl sites for hydroxylation is 1. The Balaban J connectivity index is 1.96. The first-order valence-electron chi connectivity index (χ1n) is 5.69. The molecule has 1 aromatic heterocycles. The fourth-order valence-corrected chi connectivity index (χ4v) is 2.38. The molecular weight excluding hydrogens is 188 g/mol. The SMILES string of the molecule is CC(=O)C1CCC(n2ccc(C)n2)CC1. The monoisotopic (exact) mass is 206 g/mol. The first-order valence-corrected chi connectivity index (χ1v) is 5.69. The average molecular weight is 206 g/mol. The van der Waals surface area contributed by atoms with Crippen molar-refractivity contribution in [1.82, 2.24) is 9.78 Å². The van der Waals surface area contributed by atoms with Gasteiger partial charge in [0.2, 0.25) is 0 Å². The number of aromatic nitrogens is 2. The zero-order valence-corrected chi connectivity index (χ0v) is 9.44.